The van der Waals surface area contributed by atoms with E-state index in [1.54, 1.807) is 0 Å². The maximum atomic E-state index is 6.69. The fourth-order valence-corrected chi connectivity index (χ4v) is 12.2. The van der Waals surface area contributed by atoms with Crippen LogP contribution < -0.4 is 4.90 Å². The summed E-state index contributed by atoms with van der Waals surface area (Å²) < 4.78 is 6.69. The maximum absolute atomic E-state index is 6.69. The summed E-state index contributed by atoms with van der Waals surface area (Å²) in [6.45, 7) is 4.74. The Morgan fingerprint density at radius 2 is 0.848 bits per heavy atom. The molecule has 0 N–H and O–H groups in total. The van der Waals surface area contributed by atoms with Crippen molar-refractivity contribution in [3.63, 3.8) is 0 Å². The van der Waals surface area contributed by atoms with E-state index in [1.807, 2.05) is 0 Å². The first-order chi connectivity index (χ1) is 32.5. The quantitative estimate of drug-likeness (QED) is 0.172. The van der Waals surface area contributed by atoms with Crippen molar-refractivity contribution in [1.29, 1.82) is 0 Å². The molecule has 0 radical (unpaired) electrons. The van der Waals surface area contributed by atoms with Gasteiger partial charge in [0.15, 0.2) is 0 Å². The predicted molar refractivity (Wildman–Crippen MR) is 273 cm³/mol. The molecule has 0 amide bonds. The summed E-state index contributed by atoms with van der Waals surface area (Å²) in [4.78, 5) is 2.48. The maximum Gasteiger partial charge on any atom is 0.136 e. The molecule has 0 fully saturated rings. The lowest BCUT2D eigenvalue weighted by atomic mass is 9.70. The molecule has 10 aromatic carbocycles. The summed E-state index contributed by atoms with van der Waals surface area (Å²) >= 11 is 0. The van der Waals surface area contributed by atoms with Gasteiger partial charge >= 0.3 is 0 Å². The monoisotopic (exact) mass is 841 g/mol. The van der Waals surface area contributed by atoms with Crippen molar-refractivity contribution in [2.45, 2.75) is 24.7 Å². The number of para-hydroxylation sites is 1. The summed E-state index contributed by atoms with van der Waals surface area (Å²) in [6, 6.07) is 83.2. The fourth-order valence-electron chi connectivity index (χ4n) is 12.2. The summed E-state index contributed by atoms with van der Waals surface area (Å²) in [5.74, 6) is 0. The van der Waals surface area contributed by atoms with Crippen molar-refractivity contribution >= 4 is 39.0 Å². The molecule has 1 aromatic heterocycles. The number of benzene rings is 10. The second-order valence-electron chi connectivity index (χ2n) is 18.7. The van der Waals surface area contributed by atoms with Crippen LogP contribution in [-0.2, 0) is 10.8 Å². The third-order valence-electron chi connectivity index (χ3n) is 15.1. The van der Waals surface area contributed by atoms with Gasteiger partial charge in [0.05, 0.1) is 5.41 Å². The zero-order valence-electron chi connectivity index (χ0n) is 36.7. The summed E-state index contributed by atoms with van der Waals surface area (Å²) in [5, 5.41) is 2.30. The smallest absolute Gasteiger partial charge is 0.136 e. The lowest BCUT2D eigenvalue weighted by molar-refractivity contribution is 0.647. The topological polar surface area (TPSA) is 16.4 Å². The van der Waals surface area contributed by atoms with Crippen LogP contribution in [0, 0.1) is 0 Å². The highest BCUT2D eigenvalue weighted by Gasteiger charge is 2.51. The molecule has 2 nitrogen and oxygen atoms in total. The molecular weight excluding hydrogens is 799 g/mol. The van der Waals surface area contributed by atoms with Crippen LogP contribution in [0.15, 0.2) is 229 Å². The van der Waals surface area contributed by atoms with Crippen molar-refractivity contribution in [3.8, 4) is 55.6 Å². The number of anilines is 3. The Hall–Kier alpha value is -8.20. The molecule has 2 heteroatoms. The average molecular weight is 842 g/mol. The highest BCUT2D eigenvalue weighted by Crippen LogP contribution is 2.64. The van der Waals surface area contributed by atoms with Gasteiger partial charge in [0.1, 0.15) is 11.2 Å². The van der Waals surface area contributed by atoms with Crippen molar-refractivity contribution in [2.24, 2.45) is 0 Å². The van der Waals surface area contributed by atoms with Crippen molar-refractivity contribution < 1.29 is 4.42 Å². The molecule has 1 spiro atoms. The molecule has 0 aliphatic heterocycles. The Morgan fingerprint density at radius 3 is 1.52 bits per heavy atom. The van der Waals surface area contributed by atoms with Gasteiger partial charge in [-0.05, 0) is 132 Å². The minimum absolute atomic E-state index is 0.267. The highest BCUT2D eigenvalue weighted by molar-refractivity contribution is 6.18. The first-order valence-corrected chi connectivity index (χ1v) is 23.1. The largest absolute Gasteiger partial charge is 0.456 e. The average Bonchev–Trinajstić information content (AvgIpc) is 4.06. The first kappa shape index (κ1) is 37.2. The Morgan fingerprint density at radius 1 is 0.333 bits per heavy atom. The number of hydrogen-bond donors (Lipinski definition) is 0. The van der Waals surface area contributed by atoms with Crippen LogP contribution in [0.2, 0.25) is 0 Å². The molecule has 3 aliphatic rings. The van der Waals surface area contributed by atoms with E-state index in [-0.39, 0.29) is 5.41 Å². The van der Waals surface area contributed by atoms with Gasteiger partial charge in [0.25, 0.3) is 0 Å². The molecule has 11 aromatic rings. The van der Waals surface area contributed by atoms with E-state index in [2.05, 4.69) is 243 Å². The Balaban J connectivity index is 1.03. The molecule has 0 bridgehead atoms. The second-order valence-corrected chi connectivity index (χ2v) is 18.7. The zero-order valence-corrected chi connectivity index (χ0v) is 36.7. The van der Waals surface area contributed by atoms with Crippen molar-refractivity contribution in [1.82, 2.24) is 0 Å². The molecule has 0 atom stereocenters. The number of furan rings is 1. The number of hydrogen-bond acceptors (Lipinski definition) is 2. The molecule has 310 valence electrons. The van der Waals surface area contributed by atoms with Gasteiger partial charge in [-0.25, -0.2) is 0 Å². The van der Waals surface area contributed by atoms with Crippen LogP contribution in [0.4, 0.5) is 17.1 Å². The van der Waals surface area contributed by atoms with Crippen LogP contribution in [-0.4, -0.2) is 0 Å². The first-order valence-electron chi connectivity index (χ1n) is 23.1. The van der Waals surface area contributed by atoms with E-state index in [0.29, 0.717) is 0 Å². The molecule has 0 unspecified atom stereocenters. The third-order valence-corrected chi connectivity index (χ3v) is 15.1. The molecule has 1 heterocycles. The predicted octanol–water partition coefficient (Wildman–Crippen LogP) is 17.0. The minimum atomic E-state index is -0.456. The Bertz CT molecular complexity index is 3720. The molecule has 66 heavy (non-hydrogen) atoms. The van der Waals surface area contributed by atoms with Gasteiger partial charge in [0.2, 0.25) is 0 Å². The summed E-state index contributed by atoms with van der Waals surface area (Å²) in [5.41, 5.74) is 24.9. The van der Waals surface area contributed by atoms with Crippen LogP contribution >= 0.6 is 0 Å². The molecule has 0 saturated carbocycles. The van der Waals surface area contributed by atoms with E-state index >= 15 is 0 Å². The van der Waals surface area contributed by atoms with Crippen LogP contribution in [0.3, 0.4) is 0 Å². The van der Waals surface area contributed by atoms with Gasteiger partial charge in [-0.15, -0.1) is 0 Å². The highest BCUT2D eigenvalue weighted by atomic mass is 16.3. The lowest BCUT2D eigenvalue weighted by Crippen LogP contribution is -2.26. The normalized spacial score (nSPS) is 14.2. The molecule has 0 saturated heterocycles. The van der Waals surface area contributed by atoms with Gasteiger partial charge in [-0.3, -0.25) is 0 Å². The van der Waals surface area contributed by atoms with Crippen LogP contribution in [0.5, 0.6) is 0 Å². The van der Waals surface area contributed by atoms with E-state index in [4.69, 9.17) is 4.42 Å². The van der Waals surface area contributed by atoms with E-state index in [0.717, 1.165) is 33.6 Å². The third kappa shape index (κ3) is 4.96. The van der Waals surface area contributed by atoms with Gasteiger partial charge in [0, 0.05) is 38.8 Å². The minimum Gasteiger partial charge on any atom is -0.456 e. The number of rotatable bonds is 5. The molecule has 14 rings (SSSR count). The van der Waals surface area contributed by atoms with E-state index in [9.17, 15) is 0 Å². The van der Waals surface area contributed by atoms with Gasteiger partial charge < -0.3 is 9.32 Å². The lowest BCUT2D eigenvalue weighted by Gasteiger charge is -2.32. The van der Waals surface area contributed by atoms with Gasteiger partial charge in [-0.2, -0.15) is 0 Å². The Labute approximate surface area is 384 Å². The SMILES string of the molecule is CC1(C)c2ccc(N(c3ccc(-c4ccccc4)cc3)c3ccc4c(c3)C3(c5ccccc5-c5ccccc53)c3ccccc3-4)cc2-c2c1cc1oc3ccccc3c1c2-c1ccccc1. The van der Waals surface area contributed by atoms with Crippen LogP contribution in [0.25, 0.3) is 77.6 Å². The standard InChI is InChI=1S/C64H43NO/c1-63(2)52-36-34-44(37-51(52)61-57(63)39-59-62(50-24-12-16-28-58(50)66-59)60(61)42-19-7-4-8-20-42)65(43-31-29-41(30-32-43)40-17-5-3-6-18-40)45-33-35-49-48-23-11-15-27-55(48)64(56(49)38-45)53-25-13-9-21-46(53)47-22-10-14-26-54(47)64/h3-39H,1-2H3. The van der Waals surface area contributed by atoms with Crippen molar-refractivity contribution in [2.75, 3.05) is 4.90 Å². The van der Waals surface area contributed by atoms with Crippen LogP contribution in [0.1, 0.15) is 47.2 Å². The fraction of sp³-hybridized carbons (Fsp3) is 0.0625. The molecule has 3 aliphatic carbocycles. The Kier molecular flexibility index (Phi) is 7.70. The number of fused-ring (bicyclic) bond motifs is 16. The number of nitrogens with zero attached hydrogens (tertiary/aromatic N) is 1. The van der Waals surface area contributed by atoms with E-state index < -0.39 is 5.41 Å². The summed E-state index contributed by atoms with van der Waals surface area (Å²) in [6.07, 6.45) is 0. The second kappa shape index (κ2) is 13.7. The molecular formula is C64H43NO. The van der Waals surface area contributed by atoms with Crippen molar-refractivity contribution in [3.05, 3.63) is 258 Å². The van der Waals surface area contributed by atoms with E-state index in [1.165, 1.54) is 94.4 Å². The summed E-state index contributed by atoms with van der Waals surface area (Å²) in [7, 11) is 0. The zero-order chi connectivity index (χ0) is 43.7. The van der Waals surface area contributed by atoms with Gasteiger partial charge in [-0.1, -0.05) is 190 Å².